The molecule has 230 valence electrons. The van der Waals surface area contributed by atoms with E-state index in [1.54, 1.807) is 13.8 Å². The molecule has 15 heteroatoms. The maximum Gasteiger partial charge on any atom is 0.332 e. The predicted molar refractivity (Wildman–Crippen MR) is 158 cm³/mol. The number of ether oxygens (including phenoxy) is 3. The average Bonchev–Trinajstić information content (AvgIpc) is 3.71. The van der Waals surface area contributed by atoms with E-state index in [1.165, 1.54) is 58.4 Å². The van der Waals surface area contributed by atoms with Crippen LogP contribution in [0.25, 0.3) is 15.2 Å². The van der Waals surface area contributed by atoms with Crippen molar-refractivity contribution >= 4 is 27.5 Å². The van der Waals surface area contributed by atoms with Crippen LogP contribution in [0.5, 0.6) is 5.75 Å². The van der Waals surface area contributed by atoms with Crippen LogP contribution in [-0.2, 0) is 26.4 Å². The molecule has 0 unspecified atom stereocenters. The molecule has 0 bridgehead atoms. The molecule has 5 rings (SSSR count). The van der Waals surface area contributed by atoms with Crippen molar-refractivity contribution in [2.45, 2.75) is 38.5 Å². The van der Waals surface area contributed by atoms with Crippen LogP contribution in [0.4, 0.5) is 4.39 Å². The molecule has 1 amide bonds. The summed E-state index contributed by atoms with van der Waals surface area (Å²) in [7, 11) is 3.29. The summed E-state index contributed by atoms with van der Waals surface area (Å²) >= 11 is 1.19. The molecule has 0 radical (unpaired) electrons. The molecule has 43 heavy (non-hydrogen) atoms. The third-order valence-corrected chi connectivity index (χ3v) is 8.75. The van der Waals surface area contributed by atoms with Crippen molar-refractivity contribution in [1.82, 2.24) is 34.8 Å². The van der Waals surface area contributed by atoms with Gasteiger partial charge in [-0.3, -0.25) is 18.7 Å². The molecule has 4 heterocycles. The van der Waals surface area contributed by atoms with Gasteiger partial charge in [-0.2, -0.15) is 10.2 Å². The van der Waals surface area contributed by atoms with E-state index >= 15 is 0 Å². The van der Waals surface area contributed by atoms with Crippen LogP contribution in [0.3, 0.4) is 0 Å². The number of likely N-dealkylation sites (N-methyl/N-ethyl adjacent to an activating group) is 1. The first-order chi connectivity index (χ1) is 20.7. The summed E-state index contributed by atoms with van der Waals surface area (Å²) in [5.74, 6) is -0.381. The second-order valence-electron chi connectivity index (χ2n) is 10.5. The number of methoxy groups -OCH3 is 1. The molecule has 1 aromatic carbocycles. The molecule has 0 saturated carbocycles. The number of hydrogen-bond acceptors (Lipinski definition) is 10. The van der Waals surface area contributed by atoms with E-state index in [-0.39, 0.29) is 38.6 Å². The number of nitrogens with zero attached hydrogens (tertiary/aromatic N) is 5. The number of carbonyl (C=O) groups is 1. The maximum atomic E-state index is 14.6. The van der Waals surface area contributed by atoms with E-state index in [0.717, 1.165) is 4.57 Å². The van der Waals surface area contributed by atoms with Crippen LogP contribution in [0, 0.1) is 12.7 Å². The Morgan fingerprint density at radius 2 is 1.95 bits per heavy atom. The quantitative estimate of drug-likeness (QED) is 0.214. The molecule has 1 aliphatic rings. The second-order valence-corrected chi connectivity index (χ2v) is 11.5. The minimum absolute atomic E-state index is 0.0357. The number of carbonyl (C=O) groups excluding carboxylic acids is 1. The summed E-state index contributed by atoms with van der Waals surface area (Å²) < 4.78 is 34.5. The van der Waals surface area contributed by atoms with Gasteiger partial charge in [0.25, 0.3) is 5.56 Å². The van der Waals surface area contributed by atoms with E-state index < -0.39 is 28.7 Å². The molecule has 3 aromatic heterocycles. The lowest BCUT2D eigenvalue weighted by Gasteiger charge is -2.27. The van der Waals surface area contributed by atoms with Crippen LogP contribution < -0.4 is 26.6 Å². The number of halogens is 1. The lowest BCUT2D eigenvalue weighted by Crippen LogP contribution is -2.51. The lowest BCUT2D eigenvalue weighted by molar-refractivity contribution is -0.119. The molecule has 4 aromatic rings. The van der Waals surface area contributed by atoms with Gasteiger partial charge in [-0.1, -0.05) is 11.3 Å². The molecule has 13 nitrogen and oxygen atoms in total. The van der Waals surface area contributed by atoms with Crippen molar-refractivity contribution in [3.63, 3.8) is 0 Å². The predicted octanol–water partition coefficient (Wildman–Crippen LogP) is 1.49. The number of hydrogen-bond donors (Lipinski definition) is 2. The van der Waals surface area contributed by atoms with Crippen LogP contribution >= 0.6 is 11.3 Å². The molecule has 2 N–H and O–H groups in total. The highest BCUT2D eigenvalue weighted by Crippen LogP contribution is 2.34. The summed E-state index contributed by atoms with van der Waals surface area (Å²) in [4.78, 5) is 42.4. The highest BCUT2D eigenvalue weighted by Gasteiger charge is 2.40. The van der Waals surface area contributed by atoms with Gasteiger partial charge in [-0.15, -0.1) is 4.80 Å². The summed E-state index contributed by atoms with van der Waals surface area (Å²) in [6.45, 7) is 5.05. The summed E-state index contributed by atoms with van der Waals surface area (Å²) in [5, 5.41) is 15.1. The Morgan fingerprint density at radius 1 is 1.19 bits per heavy atom. The number of benzene rings is 1. The zero-order valence-electron chi connectivity index (χ0n) is 24.4. The lowest BCUT2D eigenvalue weighted by atomic mass is 10.0. The normalized spacial score (nSPS) is 17.5. The Labute approximate surface area is 250 Å². The number of aryl methyl sites for hydroxylation is 1. The van der Waals surface area contributed by atoms with Crippen molar-refractivity contribution in [2.24, 2.45) is 0 Å². The number of nitrogens with one attached hydrogen (secondary N) is 2. The first-order valence-electron chi connectivity index (χ1n) is 13.8. The minimum atomic E-state index is -1.10. The molecule has 0 spiro atoms. The third-order valence-electron chi connectivity index (χ3n) is 7.47. The van der Waals surface area contributed by atoms with E-state index in [0.29, 0.717) is 45.2 Å². The number of thiophene rings is 1. The Kier molecular flexibility index (Phi) is 9.05. The van der Waals surface area contributed by atoms with Crippen molar-refractivity contribution in [3.05, 3.63) is 68.4 Å². The number of fused-ring (bicyclic) bond motifs is 1. The van der Waals surface area contributed by atoms with Gasteiger partial charge in [0.15, 0.2) is 0 Å². The number of aromatic nitrogens is 5. The second kappa shape index (κ2) is 12.8. The third kappa shape index (κ3) is 5.98. The van der Waals surface area contributed by atoms with E-state index in [2.05, 4.69) is 20.8 Å². The van der Waals surface area contributed by atoms with Crippen molar-refractivity contribution in [1.29, 1.82) is 0 Å². The monoisotopic (exact) mass is 615 g/mol. The van der Waals surface area contributed by atoms with Crippen LogP contribution in [0.1, 0.15) is 30.6 Å². The Balaban J connectivity index is 1.67. The van der Waals surface area contributed by atoms with E-state index in [1.807, 2.05) is 7.05 Å². The fourth-order valence-corrected chi connectivity index (χ4v) is 6.51. The van der Waals surface area contributed by atoms with Gasteiger partial charge < -0.3 is 24.8 Å². The first-order valence-corrected chi connectivity index (χ1v) is 14.6. The van der Waals surface area contributed by atoms with Crippen LogP contribution in [0.2, 0.25) is 0 Å². The van der Waals surface area contributed by atoms with E-state index in [4.69, 9.17) is 14.2 Å². The number of rotatable bonds is 13. The largest absolute Gasteiger partial charge is 0.496 e. The Morgan fingerprint density at radius 3 is 2.63 bits per heavy atom. The highest BCUT2D eigenvalue weighted by atomic mass is 32.1. The Hall–Kier alpha value is -3.92. The van der Waals surface area contributed by atoms with Crippen molar-refractivity contribution in [2.75, 3.05) is 47.1 Å². The zero-order valence-corrected chi connectivity index (χ0v) is 25.2. The molecule has 1 aliphatic heterocycles. The minimum Gasteiger partial charge on any atom is -0.496 e. The standard InChI is InChI=1S/C28H34FN7O6S/c1-17-23-24(38)35(28(2)14-22(37)31-16-28)27(39)34(26(23)43-25(17)36-32-7-8-33-36)15-21(42-12-11-41-10-9-30-3)19-13-18(29)5-6-20(19)40-4/h5-8,13,21,30H,9-12,14-16H2,1-4H3,(H,31,37)/t21-,28-/m0/s1. The molecule has 2 atom stereocenters. The van der Waals surface area contributed by atoms with Gasteiger partial charge >= 0.3 is 5.69 Å². The summed E-state index contributed by atoms with van der Waals surface area (Å²) in [6, 6.07) is 4.09. The van der Waals surface area contributed by atoms with Crippen molar-refractivity contribution in [3.8, 4) is 10.8 Å². The molecular formula is C28H34FN7O6S. The van der Waals surface area contributed by atoms with E-state index in [9.17, 15) is 18.8 Å². The SMILES string of the molecule is CNCCOCCO[C@@H](Cn1c(=O)n([C@]2(C)CNC(=O)C2)c(=O)c2c(C)c(-n3nccn3)sc21)c1cc(F)ccc1OC. The molecule has 0 aliphatic carbocycles. The fourth-order valence-electron chi connectivity index (χ4n) is 5.29. The topological polar surface area (TPSA) is 144 Å². The maximum absolute atomic E-state index is 14.6. The first kappa shape index (κ1) is 30.5. The van der Waals surface area contributed by atoms with Gasteiger partial charge in [0.2, 0.25) is 5.91 Å². The van der Waals surface area contributed by atoms with Gasteiger partial charge in [0.05, 0.1) is 63.2 Å². The van der Waals surface area contributed by atoms with Gasteiger partial charge in [-0.05, 0) is 39.1 Å². The van der Waals surface area contributed by atoms with Gasteiger partial charge in [0, 0.05) is 24.2 Å². The van der Waals surface area contributed by atoms with Gasteiger partial charge in [-0.25, -0.2) is 9.18 Å². The Bertz CT molecular complexity index is 1730. The molecule has 1 saturated heterocycles. The smallest absolute Gasteiger partial charge is 0.332 e. The zero-order chi connectivity index (χ0) is 30.7. The van der Waals surface area contributed by atoms with Crippen molar-refractivity contribution < 1.29 is 23.4 Å². The fraction of sp³-hybridized carbons (Fsp3) is 0.464. The van der Waals surface area contributed by atoms with Crippen LogP contribution in [-0.4, -0.2) is 77.1 Å². The highest BCUT2D eigenvalue weighted by molar-refractivity contribution is 7.21. The summed E-state index contributed by atoms with van der Waals surface area (Å²) in [5.41, 5.74) is -1.26. The van der Waals surface area contributed by atoms with Gasteiger partial charge in [0.1, 0.15) is 27.5 Å². The molecular weight excluding hydrogens is 581 g/mol. The molecule has 1 fully saturated rings. The summed E-state index contributed by atoms with van der Waals surface area (Å²) in [6.07, 6.45) is 2.14. The van der Waals surface area contributed by atoms with Crippen LogP contribution in [0.15, 0.2) is 40.2 Å². The average molecular weight is 616 g/mol. The number of amides is 1.